The van der Waals surface area contributed by atoms with Gasteiger partial charge in [-0.2, -0.15) is 0 Å². The molecule has 0 radical (unpaired) electrons. The number of methoxy groups -OCH3 is 1. The van der Waals surface area contributed by atoms with Crippen LogP contribution in [0.2, 0.25) is 18.1 Å². The van der Waals surface area contributed by atoms with Crippen molar-refractivity contribution in [3.63, 3.8) is 0 Å². The Morgan fingerprint density at radius 3 is 2.06 bits per heavy atom. The Morgan fingerprint density at radius 2 is 1.72 bits per heavy atom. The largest absolute Gasteiger partial charge is 0.467 e. The first-order valence-electron chi connectivity index (χ1n) is 6.38. The predicted octanol–water partition coefficient (Wildman–Crippen LogP) is 2.97. The number of carbonyl (C=O) groups is 1. The van der Waals surface area contributed by atoms with Gasteiger partial charge >= 0.3 is 5.97 Å². The van der Waals surface area contributed by atoms with Crippen molar-refractivity contribution in [3.8, 4) is 0 Å². The zero-order chi connectivity index (χ0) is 14.6. The standard InChI is InChI=1S/C13H28O4Si/c1-10(2)16-9-11(12(14)15-6)17-18(7,8)13(3,4)5/h10-11H,9H2,1-8H3/t11-/m0/s1. The molecule has 4 nitrogen and oxygen atoms in total. The highest BCUT2D eigenvalue weighted by molar-refractivity contribution is 6.74. The van der Waals surface area contributed by atoms with E-state index in [0.717, 1.165) is 0 Å². The van der Waals surface area contributed by atoms with Crippen LogP contribution < -0.4 is 0 Å². The lowest BCUT2D eigenvalue weighted by atomic mass is 10.2. The van der Waals surface area contributed by atoms with E-state index >= 15 is 0 Å². The molecule has 0 heterocycles. The van der Waals surface area contributed by atoms with Crippen molar-refractivity contribution in [2.45, 2.75) is 65.0 Å². The number of hydrogen-bond donors (Lipinski definition) is 0. The van der Waals surface area contributed by atoms with Gasteiger partial charge in [-0.1, -0.05) is 20.8 Å². The van der Waals surface area contributed by atoms with Gasteiger partial charge in [-0.25, -0.2) is 4.79 Å². The second kappa shape index (κ2) is 6.68. The van der Waals surface area contributed by atoms with E-state index in [1.165, 1.54) is 7.11 Å². The van der Waals surface area contributed by atoms with Crippen molar-refractivity contribution < 1.29 is 18.7 Å². The van der Waals surface area contributed by atoms with Gasteiger partial charge in [0.05, 0.1) is 19.8 Å². The molecule has 0 fully saturated rings. The van der Waals surface area contributed by atoms with E-state index in [-0.39, 0.29) is 23.7 Å². The highest BCUT2D eigenvalue weighted by Gasteiger charge is 2.41. The van der Waals surface area contributed by atoms with Gasteiger partial charge in [0, 0.05) is 0 Å². The molecule has 108 valence electrons. The Bertz CT molecular complexity index is 269. The summed E-state index contributed by atoms with van der Waals surface area (Å²) in [4.78, 5) is 11.7. The van der Waals surface area contributed by atoms with Crippen LogP contribution >= 0.6 is 0 Å². The average Bonchev–Trinajstić information content (AvgIpc) is 2.21. The third-order valence-electron chi connectivity index (χ3n) is 3.29. The second-order valence-corrected chi connectivity index (χ2v) is 11.0. The zero-order valence-electron chi connectivity index (χ0n) is 13.0. The van der Waals surface area contributed by atoms with Crippen LogP contribution in [0.15, 0.2) is 0 Å². The van der Waals surface area contributed by atoms with Gasteiger partial charge in [0.25, 0.3) is 0 Å². The maximum Gasteiger partial charge on any atom is 0.336 e. The Morgan fingerprint density at radius 1 is 1.22 bits per heavy atom. The van der Waals surface area contributed by atoms with E-state index < -0.39 is 14.4 Å². The first-order chi connectivity index (χ1) is 8.01. The normalized spacial score (nSPS) is 14.7. The van der Waals surface area contributed by atoms with Crippen molar-refractivity contribution in [1.29, 1.82) is 0 Å². The van der Waals surface area contributed by atoms with Gasteiger partial charge in [0.15, 0.2) is 14.4 Å². The summed E-state index contributed by atoms with van der Waals surface area (Å²) in [5.74, 6) is -0.361. The Labute approximate surface area is 112 Å². The SMILES string of the molecule is COC(=O)[C@H](COC(C)C)O[Si](C)(C)C(C)(C)C. The van der Waals surface area contributed by atoms with E-state index in [0.29, 0.717) is 0 Å². The fraction of sp³-hybridized carbons (Fsp3) is 0.923. The molecule has 0 amide bonds. The Hall–Kier alpha value is -0.393. The van der Waals surface area contributed by atoms with Gasteiger partial charge < -0.3 is 13.9 Å². The molecule has 1 atom stereocenters. The summed E-state index contributed by atoms with van der Waals surface area (Å²) >= 11 is 0. The first kappa shape index (κ1) is 17.6. The van der Waals surface area contributed by atoms with Crippen LogP contribution in [-0.4, -0.2) is 40.2 Å². The lowest BCUT2D eigenvalue weighted by Gasteiger charge is -2.38. The fourth-order valence-electron chi connectivity index (χ4n) is 1.09. The van der Waals surface area contributed by atoms with Gasteiger partial charge in [-0.3, -0.25) is 0 Å². The molecular weight excluding hydrogens is 248 g/mol. The Kier molecular flexibility index (Phi) is 6.53. The summed E-state index contributed by atoms with van der Waals surface area (Å²) in [7, 11) is -0.625. The van der Waals surface area contributed by atoms with Crippen LogP contribution in [0, 0.1) is 0 Å². The predicted molar refractivity (Wildman–Crippen MR) is 75.2 cm³/mol. The quantitative estimate of drug-likeness (QED) is 0.552. The molecular formula is C13H28O4Si. The molecule has 0 aromatic heterocycles. The van der Waals surface area contributed by atoms with Gasteiger partial charge in [-0.05, 0) is 32.0 Å². The summed E-state index contributed by atoms with van der Waals surface area (Å²) in [6.45, 7) is 14.7. The monoisotopic (exact) mass is 276 g/mol. The smallest absolute Gasteiger partial charge is 0.336 e. The second-order valence-electron chi connectivity index (χ2n) is 6.27. The molecule has 18 heavy (non-hydrogen) atoms. The minimum Gasteiger partial charge on any atom is -0.467 e. The number of carbonyl (C=O) groups excluding carboxylic acids is 1. The molecule has 0 aliphatic rings. The van der Waals surface area contributed by atoms with Gasteiger partial charge in [0.1, 0.15) is 0 Å². The molecule has 0 aliphatic carbocycles. The third-order valence-corrected chi connectivity index (χ3v) is 7.77. The van der Waals surface area contributed by atoms with Gasteiger partial charge in [-0.15, -0.1) is 0 Å². The molecule has 0 aromatic rings. The van der Waals surface area contributed by atoms with Crippen LogP contribution in [0.5, 0.6) is 0 Å². The van der Waals surface area contributed by atoms with E-state index in [4.69, 9.17) is 13.9 Å². The molecule has 0 rings (SSSR count). The third kappa shape index (κ3) is 5.50. The molecule has 0 saturated heterocycles. The number of esters is 1. The summed E-state index contributed by atoms with van der Waals surface area (Å²) in [5.41, 5.74) is 0. The molecule has 0 N–H and O–H groups in total. The average molecular weight is 276 g/mol. The number of hydrogen-bond acceptors (Lipinski definition) is 4. The minimum absolute atomic E-state index is 0.0527. The minimum atomic E-state index is -2.00. The van der Waals surface area contributed by atoms with Crippen molar-refractivity contribution in [1.82, 2.24) is 0 Å². The zero-order valence-corrected chi connectivity index (χ0v) is 14.0. The topological polar surface area (TPSA) is 44.8 Å². The van der Waals surface area contributed by atoms with E-state index in [1.807, 2.05) is 13.8 Å². The highest BCUT2D eigenvalue weighted by atomic mass is 28.4. The van der Waals surface area contributed by atoms with Crippen LogP contribution in [0.4, 0.5) is 0 Å². The lowest BCUT2D eigenvalue weighted by Crippen LogP contribution is -2.48. The van der Waals surface area contributed by atoms with Crippen LogP contribution in [0.3, 0.4) is 0 Å². The number of ether oxygens (including phenoxy) is 2. The Balaban J connectivity index is 4.74. The summed E-state index contributed by atoms with van der Waals surface area (Å²) in [6, 6.07) is 0. The summed E-state index contributed by atoms with van der Waals surface area (Å²) in [6.07, 6.45) is -0.557. The van der Waals surface area contributed by atoms with Crippen molar-refractivity contribution >= 4 is 14.3 Å². The maximum absolute atomic E-state index is 11.7. The first-order valence-corrected chi connectivity index (χ1v) is 9.29. The molecule has 5 heteroatoms. The molecule has 0 unspecified atom stereocenters. The fourth-order valence-corrected chi connectivity index (χ4v) is 2.32. The van der Waals surface area contributed by atoms with Crippen LogP contribution in [0.1, 0.15) is 34.6 Å². The molecule has 0 aromatic carbocycles. The van der Waals surface area contributed by atoms with Crippen LogP contribution in [-0.2, 0) is 18.7 Å². The molecule has 0 aliphatic heterocycles. The number of rotatable bonds is 6. The van der Waals surface area contributed by atoms with E-state index in [9.17, 15) is 4.79 Å². The van der Waals surface area contributed by atoms with E-state index in [2.05, 4.69) is 33.9 Å². The van der Waals surface area contributed by atoms with Crippen molar-refractivity contribution in [3.05, 3.63) is 0 Å². The summed E-state index contributed by atoms with van der Waals surface area (Å²) < 4.78 is 16.3. The molecule has 0 spiro atoms. The molecule has 0 saturated carbocycles. The van der Waals surface area contributed by atoms with Crippen molar-refractivity contribution in [2.75, 3.05) is 13.7 Å². The van der Waals surface area contributed by atoms with Crippen LogP contribution in [0.25, 0.3) is 0 Å². The van der Waals surface area contributed by atoms with E-state index in [1.54, 1.807) is 0 Å². The maximum atomic E-state index is 11.7. The lowest BCUT2D eigenvalue weighted by molar-refractivity contribution is -0.153. The van der Waals surface area contributed by atoms with Gasteiger partial charge in [0.2, 0.25) is 0 Å². The highest BCUT2D eigenvalue weighted by Crippen LogP contribution is 2.37. The molecule has 0 bridgehead atoms. The van der Waals surface area contributed by atoms with Crippen molar-refractivity contribution in [2.24, 2.45) is 0 Å². The summed E-state index contributed by atoms with van der Waals surface area (Å²) in [5, 5.41) is 0.0527.